The van der Waals surface area contributed by atoms with Crippen LogP contribution in [0.2, 0.25) is 0 Å². The molecule has 296 valence electrons. The third-order valence-corrected chi connectivity index (χ3v) is 9.67. The summed E-state index contributed by atoms with van der Waals surface area (Å²) in [4.78, 5) is 35.3. The van der Waals surface area contributed by atoms with Gasteiger partial charge >= 0.3 is 0 Å². The first kappa shape index (κ1) is 47.8. The normalized spacial score (nSPS) is 10.2. The average Bonchev–Trinajstić information content (AvgIpc) is 3.20. The zero-order valence-corrected chi connectivity index (χ0v) is 35.8. The molecule has 6 rings (SSSR count). The van der Waals surface area contributed by atoms with Crippen LogP contribution < -0.4 is 0 Å². The van der Waals surface area contributed by atoms with E-state index in [2.05, 4.69) is 72.8 Å². The van der Waals surface area contributed by atoms with Crippen LogP contribution in [0.15, 0.2) is 182 Å². The van der Waals surface area contributed by atoms with Crippen molar-refractivity contribution in [2.75, 3.05) is 0 Å². The molecule has 0 spiro atoms. The van der Waals surface area contributed by atoms with Crippen molar-refractivity contribution < 1.29 is 55.2 Å². The van der Waals surface area contributed by atoms with E-state index in [1.807, 2.05) is 109 Å². The van der Waals surface area contributed by atoms with Crippen LogP contribution in [0.3, 0.4) is 0 Å². The van der Waals surface area contributed by atoms with Gasteiger partial charge in [0.1, 0.15) is 17.3 Å². The van der Waals surface area contributed by atoms with Crippen molar-refractivity contribution in [2.24, 2.45) is 17.8 Å². The molecule has 0 heterocycles. The molecule has 0 aliphatic carbocycles. The molecule has 0 aliphatic heterocycles. The van der Waals surface area contributed by atoms with Crippen molar-refractivity contribution in [1.29, 1.82) is 0 Å². The van der Waals surface area contributed by atoms with Gasteiger partial charge in [0, 0.05) is 58.6 Å². The van der Waals surface area contributed by atoms with Crippen LogP contribution in [0, 0.1) is 17.8 Å². The van der Waals surface area contributed by atoms with Gasteiger partial charge in [0.2, 0.25) is 0 Å². The van der Waals surface area contributed by atoms with Crippen LogP contribution in [0.25, 0.3) is 0 Å². The van der Waals surface area contributed by atoms with Gasteiger partial charge in [0.05, 0.1) is 0 Å². The molecule has 0 amide bonds. The Balaban J connectivity index is 0.000000285. The van der Waals surface area contributed by atoms with Crippen molar-refractivity contribution in [2.45, 2.75) is 59.3 Å². The number of benzene rings is 6. The second-order valence-electron chi connectivity index (χ2n) is 14.1. The van der Waals surface area contributed by atoms with Crippen molar-refractivity contribution in [1.82, 2.24) is 0 Å². The zero-order chi connectivity index (χ0) is 38.4. The molecule has 6 aromatic carbocycles. The number of hydrogen-bond acceptors (Lipinski definition) is 3. The molecule has 0 saturated carbocycles. The van der Waals surface area contributed by atoms with Crippen LogP contribution in [0.4, 0.5) is 0 Å². The summed E-state index contributed by atoms with van der Waals surface area (Å²) >= 11 is 0. The first-order valence-corrected chi connectivity index (χ1v) is 19.0. The third-order valence-electron chi connectivity index (χ3n) is 9.67. The number of rotatable bonds is 15. The first-order valence-electron chi connectivity index (χ1n) is 19.0. The summed E-state index contributed by atoms with van der Waals surface area (Å²) < 4.78 is 0. The molecule has 3 nitrogen and oxygen atoms in total. The number of carbonyl (C=O) groups excluding carboxylic acids is 3. The smallest absolute Gasteiger partial charge is 0.133 e. The van der Waals surface area contributed by atoms with Gasteiger partial charge in [-0.15, -0.1) is 0 Å². The standard InChI is InChI=1S/3C17H18O.2Pd/c3*1-14(18)17(12-15-8-4-2-5-9-15)13-16-10-6-3-7-11-16;;/h3*2-11,17H,12-13H2,1H3;;. The third kappa shape index (κ3) is 18.5. The summed E-state index contributed by atoms with van der Waals surface area (Å²) in [6.07, 6.45) is 4.95. The van der Waals surface area contributed by atoms with Gasteiger partial charge in [-0.25, -0.2) is 0 Å². The van der Waals surface area contributed by atoms with Crippen molar-refractivity contribution in [3.63, 3.8) is 0 Å². The summed E-state index contributed by atoms with van der Waals surface area (Å²) in [6.45, 7) is 5.07. The molecule has 0 bridgehead atoms. The van der Waals surface area contributed by atoms with Gasteiger partial charge in [-0.3, -0.25) is 14.4 Å². The Morgan fingerprint density at radius 3 is 0.518 bits per heavy atom. The summed E-state index contributed by atoms with van der Waals surface area (Å²) in [5.74, 6) is 1.03. The molecule has 0 aliphatic rings. The Morgan fingerprint density at radius 1 is 0.286 bits per heavy atom. The maximum atomic E-state index is 11.8. The van der Waals surface area contributed by atoms with E-state index in [9.17, 15) is 14.4 Å². The second kappa shape index (κ2) is 27.3. The predicted molar refractivity (Wildman–Crippen MR) is 223 cm³/mol. The van der Waals surface area contributed by atoms with Crippen LogP contribution in [-0.4, -0.2) is 17.3 Å². The van der Waals surface area contributed by atoms with Gasteiger partial charge in [-0.2, -0.15) is 0 Å². The molecule has 0 N–H and O–H groups in total. The van der Waals surface area contributed by atoms with Gasteiger partial charge in [0.15, 0.2) is 0 Å². The summed E-state index contributed by atoms with van der Waals surface area (Å²) in [5, 5.41) is 0. The van der Waals surface area contributed by atoms with Gasteiger partial charge in [0.25, 0.3) is 0 Å². The van der Waals surface area contributed by atoms with E-state index >= 15 is 0 Å². The Morgan fingerprint density at radius 2 is 0.411 bits per heavy atom. The molecule has 0 atom stereocenters. The SMILES string of the molecule is CC(=O)C(Cc1ccccc1)Cc1ccccc1.CC(=O)C(Cc1ccccc1)Cc1ccccc1.CC(=O)C(Cc1ccccc1)Cc1ccccc1.[Pd].[Pd]. The van der Waals surface area contributed by atoms with Crippen LogP contribution in [-0.2, 0) is 93.8 Å². The van der Waals surface area contributed by atoms with Crippen molar-refractivity contribution >= 4 is 17.3 Å². The molecule has 0 aromatic heterocycles. The topological polar surface area (TPSA) is 51.2 Å². The summed E-state index contributed by atoms with van der Waals surface area (Å²) in [6, 6.07) is 61.3. The Bertz CT molecular complexity index is 1580. The molecular formula is C51H54O3Pd2. The van der Waals surface area contributed by atoms with Gasteiger partial charge < -0.3 is 0 Å². The van der Waals surface area contributed by atoms with E-state index in [1.165, 1.54) is 33.4 Å². The van der Waals surface area contributed by atoms with Crippen LogP contribution in [0.1, 0.15) is 54.2 Å². The fourth-order valence-electron chi connectivity index (χ4n) is 6.47. The number of carbonyl (C=O) groups is 3. The fraction of sp³-hybridized carbons (Fsp3) is 0.235. The van der Waals surface area contributed by atoms with Gasteiger partial charge in [-0.05, 0) is 92.7 Å². The average molecular weight is 928 g/mol. The van der Waals surface area contributed by atoms with E-state index in [0.29, 0.717) is 0 Å². The van der Waals surface area contributed by atoms with Crippen molar-refractivity contribution in [3.05, 3.63) is 215 Å². The number of ketones is 3. The fourth-order valence-corrected chi connectivity index (χ4v) is 6.47. The molecule has 0 saturated heterocycles. The summed E-state index contributed by atoms with van der Waals surface area (Å²) in [5.41, 5.74) is 7.38. The Hall–Kier alpha value is -4.35. The minimum atomic E-state index is 0. The Labute approximate surface area is 362 Å². The molecule has 6 aromatic rings. The molecular weight excluding hydrogens is 873 g/mol. The predicted octanol–water partition coefficient (Wildman–Crippen LogP) is 11.0. The molecule has 0 unspecified atom stereocenters. The first-order chi connectivity index (χ1) is 26.3. The van der Waals surface area contributed by atoms with Crippen LogP contribution in [0.5, 0.6) is 0 Å². The second-order valence-corrected chi connectivity index (χ2v) is 14.1. The zero-order valence-electron chi connectivity index (χ0n) is 32.7. The largest absolute Gasteiger partial charge is 0.300 e. The Kier molecular flexibility index (Phi) is 23.3. The van der Waals surface area contributed by atoms with E-state index in [-0.39, 0.29) is 75.9 Å². The number of Topliss-reactive ketones (excluding diaryl/α,β-unsaturated/α-hetero) is 3. The molecule has 5 heteroatoms. The minimum absolute atomic E-state index is 0. The maximum absolute atomic E-state index is 11.8. The minimum Gasteiger partial charge on any atom is -0.300 e. The van der Waals surface area contributed by atoms with Crippen molar-refractivity contribution in [3.8, 4) is 0 Å². The quantitative estimate of drug-likeness (QED) is 0.0964. The summed E-state index contributed by atoms with van der Waals surface area (Å²) in [7, 11) is 0. The van der Waals surface area contributed by atoms with Gasteiger partial charge in [-0.1, -0.05) is 182 Å². The van der Waals surface area contributed by atoms with E-state index in [0.717, 1.165) is 38.5 Å². The molecule has 0 radical (unpaired) electrons. The number of hydrogen-bond donors (Lipinski definition) is 0. The van der Waals surface area contributed by atoms with E-state index in [4.69, 9.17) is 0 Å². The molecule has 56 heavy (non-hydrogen) atoms. The molecule has 0 fully saturated rings. The van der Waals surface area contributed by atoms with E-state index in [1.54, 1.807) is 20.8 Å². The maximum Gasteiger partial charge on any atom is 0.133 e. The van der Waals surface area contributed by atoms with Crippen LogP contribution >= 0.6 is 0 Å². The monoisotopic (exact) mass is 926 g/mol. The van der Waals surface area contributed by atoms with E-state index < -0.39 is 0 Å².